The van der Waals surface area contributed by atoms with E-state index in [1.54, 1.807) is 12.1 Å². The van der Waals surface area contributed by atoms with Gasteiger partial charge in [-0.3, -0.25) is 15.0 Å². The summed E-state index contributed by atoms with van der Waals surface area (Å²) in [6.45, 7) is 0.250. The van der Waals surface area contributed by atoms with E-state index in [0.717, 1.165) is 36.0 Å². The van der Waals surface area contributed by atoms with E-state index in [-0.39, 0.29) is 42.0 Å². The fourth-order valence-corrected chi connectivity index (χ4v) is 6.38. The molecule has 3 aromatic carbocycles. The molecule has 0 radical (unpaired) electrons. The highest BCUT2D eigenvalue weighted by Crippen LogP contribution is 2.45. The van der Waals surface area contributed by atoms with Crippen LogP contribution in [-0.2, 0) is 9.47 Å². The molecular weight excluding hydrogens is 496 g/mol. The van der Waals surface area contributed by atoms with E-state index in [0.29, 0.717) is 12.0 Å². The maximum atomic E-state index is 13.5. The third-order valence-corrected chi connectivity index (χ3v) is 8.15. The second kappa shape index (κ2) is 10.0. The summed E-state index contributed by atoms with van der Waals surface area (Å²) in [4.78, 5) is 38.6. The Kier molecular flexibility index (Phi) is 6.38. The Balaban J connectivity index is 1.24. The minimum absolute atomic E-state index is 0.0203. The molecule has 6 rings (SSSR count). The van der Waals surface area contributed by atoms with Crippen LogP contribution in [0.3, 0.4) is 0 Å². The van der Waals surface area contributed by atoms with Crippen molar-refractivity contribution in [1.29, 1.82) is 0 Å². The Hall–Kier alpha value is -4.46. The molecule has 0 aromatic heterocycles. The first kappa shape index (κ1) is 24.9. The molecule has 2 unspecified atom stereocenters. The number of fused-ring (bicyclic) bond motifs is 5. The Morgan fingerprint density at radius 3 is 2.31 bits per heavy atom. The molecule has 1 saturated heterocycles. The maximum Gasteiger partial charge on any atom is 0.410 e. The number of benzene rings is 3. The molecule has 39 heavy (non-hydrogen) atoms. The second-order valence-electron chi connectivity index (χ2n) is 10.2. The molecule has 1 fully saturated rings. The van der Waals surface area contributed by atoms with Crippen molar-refractivity contribution in [1.82, 2.24) is 4.90 Å². The van der Waals surface area contributed by atoms with Gasteiger partial charge < -0.3 is 9.47 Å². The van der Waals surface area contributed by atoms with E-state index in [9.17, 15) is 19.7 Å². The van der Waals surface area contributed by atoms with Gasteiger partial charge in [0, 0.05) is 18.0 Å². The van der Waals surface area contributed by atoms with Crippen LogP contribution in [0.5, 0.6) is 0 Å². The van der Waals surface area contributed by atoms with Crippen LogP contribution in [-0.4, -0.2) is 47.7 Å². The zero-order valence-electron chi connectivity index (χ0n) is 21.5. The van der Waals surface area contributed by atoms with E-state index in [2.05, 4.69) is 24.3 Å². The number of nitrogens with zero attached hydrogens (tertiary/aromatic N) is 2. The number of methoxy groups -OCH3 is 1. The third kappa shape index (κ3) is 4.35. The maximum absolute atomic E-state index is 13.5. The number of piperidine rings is 1. The number of hydrogen-bond acceptors (Lipinski definition) is 6. The van der Waals surface area contributed by atoms with Gasteiger partial charge in [-0.15, -0.1) is 0 Å². The van der Waals surface area contributed by atoms with Gasteiger partial charge in [0.15, 0.2) is 0 Å². The topological polar surface area (TPSA) is 99.0 Å². The molecule has 0 N–H and O–H groups in total. The molecule has 2 aliphatic heterocycles. The Labute approximate surface area is 226 Å². The van der Waals surface area contributed by atoms with Gasteiger partial charge >= 0.3 is 12.1 Å². The van der Waals surface area contributed by atoms with Crippen molar-refractivity contribution in [2.24, 2.45) is 0 Å². The highest BCUT2D eigenvalue weighted by Gasteiger charge is 2.40. The van der Waals surface area contributed by atoms with Crippen LogP contribution in [0.4, 0.5) is 10.5 Å². The molecule has 2 heterocycles. The summed E-state index contributed by atoms with van der Waals surface area (Å²) in [6.07, 6.45) is 4.62. The molecule has 1 aliphatic carbocycles. The summed E-state index contributed by atoms with van der Waals surface area (Å²) in [5, 5.41) is 11.9. The van der Waals surface area contributed by atoms with E-state index in [4.69, 9.17) is 9.47 Å². The first-order valence-electron chi connectivity index (χ1n) is 13.2. The molecule has 8 heteroatoms. The minimum Gasteiger partial charge on any atom is -0.465 e. The number of rotatable bonds is 5. The van der Waals surface area contributed by atoms with Crippen LogP contribution in [0.2, 0.25) is 0 Å². The van der Waals surface area contributed by atoms with Crippen molar-refractivity contribution < 1.29 is 24.0 Å². The lowest BCUT2D eigenvalue weighted by atomic mass is 9.82. The summed E-state index contributed by atoms with van der Waals surface area (Å²) in [6, 6.07) is 20.6. The molecule has 2 atom stereocenters. The zero-order valence-corrected chi connectivity index (χ0v) is 21.5. The zero-order chi connectivity index (χ0) is 27.1. The predicted octanol–water partition coefficient (Wildman–Crippen LogP) is 6.34. The largest absolute Gasteiger partial charge is 0.465 e. The highest BCUT2D eigenvalue weighted by molar-refractivity contribution is 5.91. The van der Waals surface area contributed by atoms with Crippen molar-refractivity contribution >= 4 is 23.3 Å². The molecular formula is C31H28N2O6. The van der Waals surface area contributed by atoms with Crippen LogP contribution >= 0.6 is 0 Å². The SMILES string of the molecule is COC(=O)c1ccc(C2=CC3CCCC(C2)N3C(=O)OCC2c3ccccc3-c3ccccc32)c([N+](=O)[O-])c1. The Bertz CT molecular complexity index is 1470. The molecule has 198 valence electrons. The first-order valence-corrected chi connectivity index (χ1v) is 13.2. The van der Waals surface area contributed by atoms with Crippen LogP contribution in [0, 0.1) is 10.1 Å². The van der Waals surface area contributed by atoms with E-state index in [1.807, 2.05) is 35.2 Å². The molecule has 3 aliphatic rings. The number of esters is 1. The number of amides is 1. The van der Waals surface area contributed by atoms with Gasteiger partial charge in [0.25, 0.3) is 5.69 Å². The number of carbonyl (C=O) groups is 2. The summed E-state index contributed by atoms with van der Waals surface area (Å²) in [7, 11) is 1.24. The summed E-state index contributed by atoms with van der Waals surface area (Å²) < 4.78 is 10.7. The van der Waals surface area contributed by atoms with Crippen LogP contribution < -0.4 is 0 Å². The Morgan fingerprint density at radius 1 is 0.974 bits per heavy atom. The summed E-state index contributed by atoms with van der Waals surface area (Å²) in [5.74, 6) is -0.645. The van der Waals surface area contributed by atoms with E-state index >= 15 is 0 Å². The van der Waals surface area contributed by atoms with Crippen LogP contribution in [0.15, 0.2) is 72.8 Å². The molecule has 2 bridgehead atoms. The second-order valence-corrected chi connectivity index (χ2v) is 10.2. The van der Waals surface area contributed by atoms with Crippen LogP contribution in [0.1, 0.15) is 58.6 Å². The standard InChI is InChI=1S/C31H28N2O6/c1-38-30(34)19-13-14-23(29(17-19)33(36)37)20-15-21-7-6-8-22(16-20)32(21)31(35)39-18-28-26-11-4-2-9-24(26)25-10-3-5-12-27(25)28/h2-5,9-15,17,21-22,28H,6-8,16,18H2,1H3. The number of nitro groups is 1. The monoisotopic (exact) mass is 524 g/mol. The highest BCUT2D eigenvalue weighted by atomic mass is 16.6. The van der Waals surface area contributed by atoms with Crippen molar-refractivity contribution in [3.05, 3.63) is 105 Å². The normalized spacial score (nSPS) is 19.5. The molecule has 1 amide bonds. The quantitative estimate of drug-likeness (QED) is 0.219. The number of hydrogen-bond donors (Lipinski definition) is 0. The fraction of sp³-hybridized carbons (Fsp3) is 0.290. The van der Waals surface area contributed by atoms with Crippen LogP contribution in [0.25, 0.3) is 16.7 Å². The fourth-order valence-electron chi connectivity index (χ4n) is 6.38. The Morgan fingerprint density at radius 2 is 1.67 bits per heavy atom. The van der Waals surface area contributed by atoms with Gasteiger partial charge in [0.1, 0.15) is 6.61 Å². The number of carbonyl (C=O) groups excluding carboxylic acids is 2. The third-order valence-electron chi connectivity index (χ3n) is 8.15. The van der Waals surface area contributed by atoms with Gasteiger partial charge in [-0.25, -0.2) is 9.59 Å². The first-order chi connectivity index (χ1) is 19.0. The van der Waals surface area contributed by atoms with Gasteiger partial charge in [-0.05, 0) is 65.6 Å². The lowest BCUT2D eigenvalue weighted by molar-refractivity contribution is -0.385. The molecule has 3 aromatic rings. The molecule has 8 nitrogen and oxygen atoms in total. The van der Waals surface area contributed by atoms with Gasteiger partial charge in [-0.2, -0.15) is 0 Å². The predicted molar refractivity (Wildman–Crippen MR) is 145 cm³/mol. The minimum atomic E-state index is -0.624. The van der Waals surface area contributed by atoms with Gasteiger partial charge in [0.2, 0.25) is 0 Å². The van der Waals surface area contributed by atoms with Gasteiger partial charge in [0.05, 0.1) is 29.2 Å². The smallest absolute Gasteiger partial charge is 0.410 e. The number of nitro benzene ring substituents is 1. The van der Waals surface area contributed by atoms with Gasteiger partial charge in [-0.1, -0.05) is 54.6 Å². The lowest BCUT2D eigenvalue weighted by Crippen LogP contribution is -2.51. The summed E-state index contributed by atoms with van der Waals surface area (Å²) >= 11 is 0. The van der Waals surface area contributed by atoms with E-state index in [1.165, 1.54) is 24.3 Å². The van der Waals surface area contributed by atoms with E-state index < -0.39 is 10.9 Å². The molecule has 0 saturated carbocycles. The summed E-state index contributed by atoms with van der Waals surface area (Å²) in [5.41, 5.74) is 5.95. The van der Waals surface area contributed by atoms with Crippen molar-refractivity contribution in [2.45, 2.75) is 43.7 Å². The average molecular weight is 525 g/mol. The number of ether oxygens (including phenoxy) is 2. The van der Waals surface area contributed by atoms with Crippen molar-refractivity contribution in [3.8, 4) is 11.1 Å². The molecule has 0 spiro atoms. The van der Waals surface area contributed by atoms with Crippen molar-refractivity contribution in [2.75, 3.05) is 13.7 Å². The van der Waals surface area contributed by atoms with Crippen molar-refractivity contribution in [3.63, 3.8) is 0 Å². The average Bonchev–Trinajstić information content (AvgIpc) is 3.28. The lowest BCUT2D eigenvalue weighted by Gasteiger charge is -2.44.